The van der Waals surface area contributed by atoms with Crippen molar-refractivity contribution in [2.24, 2.45) is 0 Å². The quantitative estimate of drug-likeness (QED) is 0.665. The Labute approximate surface area is 171 Å². The number of thiazole rings is 1. The van der Waals surface area contributed by atoms with Gasteiger partial charge in [0.2, 0.25) is 0 Å². The highest BCUT2D eigenvalue weighted by atomic mass is 32.1. The number of ether oxygens (including phenoxy) is 2. The van der Waals surface area contributed by atoms with Crippen LogP contribution in [0.3, 0.4) is 0 Å². The Bertz CT molecular complexity index is 1110. The Morgan fingerprint density at radius 2 is 1.90 bits per heavy atom. The lowest BCUT2D eigenvalue weighted by atomic mass is 10.1. The van der Waals surface area contributed by atoms with Crippen LogP contribution in [0.25, 0.3) is 10.2 Å². The number of benzene rings is 2. The Kier molecular flexibility index (Phi) is 4.25. The largest absolute Gasteiger partial charge is 0.486 e. The molecule has 2 atom stereocenters. The molecule has 2 aromatic carbocycles. The van der Waals surface area contributed by atoms with Crippen LogP contribution in [0.15, 0.2) is 36.4 Å². The lowest BCUT2D eigenvalue weighted by molar-refractivity contribution is -0.908. The number of hydrogen-bond acceptors (Lipinski definition) is 6. The first-order valence-electron chi connectivity index (χ1n) is 9.50. The van der Waals surface area contributed by atoms with E-state index in [9.17, 15) is 9.59 Å². The second kappa shape index (κ2) is 6.82. The minimum atomic E-state index is -0.516. The third kappa shape index (κ3) is 2.95. The molecule has 1 unspecified atom stereocenters. The molecule has 2 aliphatic heterocycles. The van der Waals surface area contributed by atoms with Crippen molar-refractivity contribution in [3.63, 3.8) is 0 Å². The third-order valence-electron chi connectivity index (χ3n) is 5.46. The first-order chi connectivity index (χ1) is 14.0. The highest BCUT2D eigenvalue weighted by Gasteiger charge is 2.40. The zero-order chi connectivity index (χ0) is 20.1. The van der Waals surface area contributed by atoms with Crippen LogP contribution in [-0.2, 0) is 4.79 Å². The minimum Gasteiger partial charge on any atom is -0.486 e. The normalized spacial score (nSPS) is 17.5. The first kappa shape index (κ1) is 18.1. The summed E-state index contributed by atoms with van der Waals surface area (Å²) in [7, 11) is 2.00. The Hall–Kier alpha value is -2.97. The van der Waals surface area contributed by atoms with Gasteiger partial charge in [0.05, 0.1) is 28.5 Å². The van der Waals surface area contributed by atoms with Gasteiger partial charge in [-0.05, 0) is 25.1 Å². The summed E-state index contributed by atoms with van der Waals surface area (Å²) in [6.07, 6.45) is 0. The molecule has 148 valence electrons. The maximum atomic E-state index is 12.7. The van der Waals surface area contributed by atoms with Gasteiger partial charge in [-0.2, -0.15) is 0 Å². The molecular weight excluding hydrogens is 390 g/mol. The van der Waals surface area contributed by atoms with Gasteiger partial charge in [0.15, 0.2) is 23.2 Å². The molecule has 0 radical (unpaired) electrons. The topological polar surface area (TPSA) is 73.2 Å². The number of rotatable bonds is 4. The molecule has 0 bridgehead atoms. The van der Waals surface area contributed by atoms with E-state index < -0.39 is 11.7 Å². The number of hydrogen-bond donors (Lipinski definition) is 1. The van der Waals surface area contributed by atoms with Crippen LogP contribution in [0.1, 0.15) is 28.3 Å². The molecular formula is C21H20N3O4S+. The second-order valence-corrected chi connectivity index (χ2v) is 8.38. The molecule has 7 nitrogen and oxygen atoms in total. The van der Waals surface area contributed by atoms with E-state index in [0.717, 1.165) is 20.1 Å². The molecule has 0 aliphatic carbocycles. The van der Waals surface area contributed by atoms with Crippen molar-refractivity contribution in [1.29, 1.82) is 0 Å². The third-order valence-corrected chi connectivity index (χ3v) is 6.68. The SMILES string of the molecule is C[C@H](c1nc2ccccc2s1)[NH+](C)CN1C(=O)C(=O)c2cc3c(cc21)OCCO3. The number of anilines is 1. The fourth-order valence-electron chi connectivity index (χ4n) is 3.66. The number of carbonyl (C=O) groups excluding carboxylic acids is 2. The van der Waals surface area contributed by atoms with Gasteiger partial charge in [0.1, 0.15) is 19.3 Å². The van der Waals surface area contributed by atoms with Crippen molar-refractivity contribution in [3.05, 3.63) is 47.0 Å². The molecule has 3 heterocycles. The molecule has 1 amide bonds. The predicted molar refractivity (Wildman–Crippen MR) is 109 cm³/mol. The number of nitrogens with one attached hydrogen (secondary N) is 1. The maximum absolute atomic E-state index is 12.7. The fraction of sp³-hybridized carbons (Fsp3) is 0.286. The van der Waals surface area contributed by atoms with Gasteiger partial charge in [-0.25, -0.2) is 4.98 Å². The van der Waals surface area contributed by atoms with Gasteiger partial charge >= 0.3 is 5.91 Å². The van der Waals surface area contributed by atoms with Crippen molar-refractivity contribution >= 4 is 38.9 Å². The van der Waals surface area contributed by atoms with Crippen LogP contribution in [0.4, 0.5) is 5.69 Å². The first-order valence-corrected chi connectivity index (χ1v) is 10.3. The summed E-state index contributed by atoms with van der Waals surface area (Å²) in [4.78, 5) is 32.5. The van der Waals surface area contributed by atoms with E-state index in [1.54, 1.807) is 23.5 Å². The van der Waals surface area contributed by atoms with Crippen molar-refractivity contribution in [2.45, 2.75) is 13.0 Å². The second-order valence-electron chi connectivity index (χ2n) is 7.32. The lowest BCUT2D eigenvalue weighted by Crippen LogP contribution is -3.10. The molecule has 1 aromatic heterocycles. The molecule has 2 aliphatic rings. The number of para-hydroxylation sites is 1. The van der Waals surface area contributed by atoms with E-state index >= 15 is 0 Å². The number of carbonyl (C=O) groups is 2. The van der Waals surface area contributed by atoms with Gasteiger partial charge in [-0.3, -0.25) is 14.5 Å². The molecule has 0 saturated carbocycles. The Morgan fingerprint density at radius 3 is 2.66 bits per heavy atom. The highest BCUT2D eigenvalue weighted by Crippen LogP contribution is 2.40. The van der Waals surface area contributed by atoms with Crippen LogP contribution < -0.4 is 19.3 Å². The monoisotopic (exact) mass is 410 g/mol. The average molecular weight is 410 g/mol. The number of amides is 1. The van der Waals surface area contributed by atoms with Crippen LogP contribution >= 0.6 is 11.3 Å². The Morgan fingerprint density at radius 1 is 1.17 bits per heavy atom. The number of nitrogens with zero attached hydrogens (tertiary/aromatic N) is 2. The van der Waals surface area contributed by atoms with Crippen LogP contribution in [0.2, 0.25) is 0 Å². The molecule has 29 heavy (non-hydrogen) atoms. The highest BCUT2D eigenvalue weighted by molar-refractivity contribution is 7.18. The van der Waals surface area contributed by atoms with Crippen molar-refractivity contribution in [3.8, 4) is 11.5 Å². The molecule has 5 rings (SSSR count). The molecule has 0 saturated heterocycles. The zero-order valence-electron chi connectivity index (χ0n) is 16.1. The summed E-state index contributed by atoms with van der Waals surface area (Å²) in [5, 5.41) is 1.00. The summed E-state index contributed by atoms with van der Waals surface area (Å²) in [6.45, 7) is 3.33. The van der Waals surface area contributed by atoms with Crippen molar-refractivity contribution < 1.29 is 24.0 Å². The number of fused-ring (bicyclic) bond motifs is 3. The summed E-state index contributed by atoms with van der Waals surface area (Å²) in [5.41, 5.74) is 1.94. The standard InChI is InChI=1S/C21H19N3O4S/c1-12(20-22-14-5-3-4-6-18(14)29-20)23(2)11-24-15-10-17-16(27-7-8-28-17)9-13(15)19(25)21(24)26/h3-6,9-10,12H,7-8,11H2,1-2H3/p+1/t12-/m1/s1. The van der Waals surface area contributed by atoms with Crippen molar-refractivity contribution in [1.82, 2.24) is 4.98 Å². The summed E-state index contributed by atoms with van der Waals surface area (Å²) < 4.78 is 12.3. The van der Waals surface area contributed by atoms with E-state index in [2.05, 4.69) is 13.0 Å². The van der Waals surface area contributed by atoms with Gasteiger partial charge in [-0.1, -0.05) is 12.1 Å². The van der Waals surface area contributed by atoms with Crippen molar-refractivity contribution in [2.75, 3.05) is 31.8 Å². The van der Waals surface area contributed by atoms with Gasteiger partial charge in [0.25, 0.3) is 5.78 Å². The molecule has 0 spiro atoms. The number of Topliss-reactive ketones (excluding diaryl/α,β-unsaturated/α-hetero) is 1. The molecule has 8 heteroatoms. The van der Waals surface area contributed by atoms with Gasteiger partial charge < -0.3 is 14.4 Å². The van der Waals surface area contributed by atoms with Crippen LogP contribution in [-0.4, -0.2) is 43.6 Å². The van der Waals surface area contributed by atoms with Gasteiger partial charge in [-0.15, -0.1) is 11.3 Å². The van der Waals surface area contributed by atoms with Gasteiger partial charge in [0, 0.05) is 6.07 Å². The van der Waals surface area contributed by atoms with Crippen LogP contribution in [0, 0.1) is 0 Å². The lowest BCUT2D eigenvalue weighted by Gasteiger charge is -2.26. The fourth-order valence-corrected chi connectivity index (χ4v) is 4.77. The smallest absolute Gasteiger partial charge is 0.303 e. The van der Waals surface area contributed by atoms with E-state index in [1.807, 2.05) is 25.2 Å². The molecule has 1 N–H and O–H groups in total. The van der Waals surface area contributed by atoms with E-state index in [4.69, 9.17) is 14.5 Å². The number of aromatic nitrogens is 1. The average Bonchev–Trinajstić information content (AvgIpc) is 3.27. The minimum absolute atomic E-state index is 0.0663. The summed E-state index contributed by atoms with van der Waals surface area (Å²) >= 11 is 1.66. The number of ketones is 1. The molecule has 3 aromatic rings. The van der Waals surface area contributed by atoms with Crippen LogP contribution in [0.5, 0.6) is 11.5 Å². The zero-order valence-corrected chi connectivity index (χ0v) is 16.9. The van der Waals surface area contributed by atoms with E-state index in [-0.39, 0.29) is 6.04 Å². The summed E-state index contributed by atoms with van der Waals surface area (Å²) in [6, 6.07) is 11.5. The predicted octanol–water partition coefficient (Wildman–Crippen LogP) is 1.83. The van der Waals surface area contributed by atoms with E-state index in [0.29, 0.717) is 42.6 Å². The summed E-state index contributed by atoms with van der Waals surface area (Å²) in [5.74, 6) is 0.0662. The molecule has 0 fully saturated rings. The number of quaternary nitrogens is 1. The van der Waals surface area contributed by atoms with E-state index in [1.165, 1.54) is 4.90 Å². The Balaban J connectivity index is 1.42. The maximum Gasteiger partial charge on any atom is 0.303 e.